The van der Waals surface area contributed by atoms with Gasteiger partial charge in [-0.2, -0.15) is 0 Å². The van der Waals surface area contributed by atoms with Crippen molar-refractivity contribution in [1.29, 1.82) is 0 Å². The largest absolute Gasteiger partial charge is 0.387 e. The summed E-state index contributed by atoms with van der Waals surface area (Å²) in [5, 5.41) is 0. The van der Waals surface area contributed by atoms with Gasteiger partial charge in [-0.25, -0.2) is 0 Å². The zero-order valence-corrected chi connectivity index (χ0v) is 10.3. The first-order chi connectivity index (χ1) is 7.46. The second-order valence-electron chi connectivity index (χ2n) is 5.58. The minimum absolute atomic E-state index is 0.0706. The van der Waals surface area contributed by atoms with Crippen molar-refractivity contribution in [3.63, 3.8) is 0 Å². The molecule has 1 aliphatic carbocycles. The first kappa shape index (κ1) is 11.2. The van der Waals surface area contributed by atoms with E-state index in [1.54, 1.807) is 0 Å². The van der Waals surface area contributed by atoms with Crippen LogP contribution in [0, 0.1) is 5.92 Å². The van der Waals surface area contributed by atoms with E-state index in [2.05, 4.69) is 50.0 Å². The smallest absolute Gasteiger partial charge is 0.0981 e. The van der Waals surface area contributed by atoms with Crippen molar-refractivity contribution in [2.24, 2.45) is 16.6 Å². The average molecular weight is 216 g/mol. The highest BCUT2D eigenvalue weighted by molar-refractivity contribution is 5.84. The van der Waals surface area contributed by atoms with Crippen LogP contribution >= 0.6 is 0 Å². The molecule has 0 aromatic heterocycles. The van der Waals surface area contributed by atoms with E-state index in [0.717, 1.165) is 18.7 Å². The molecular formula is C14H20N2. The lowest BCUT2D eigenvalue weighted by atomic mass is 10.0. The lowest BCUT2D eigenvalue weighted by Crippen LogP contribution is -2.28. The molecule has 1 aromatic rings. The maximum absolute atomic E-state index is 6.09. The maximum atomic E-state index is 6.09. The van der Waals surface area contributed by atoms with E-state index in [-0.39, 0.29) is 5.54 Å². The summed E-state index contributed by atoms with van der Waals surface area (Å²) in [6.07, 6.45) is 2.09. The Balaban J connectivity index is 2.15. The number of benzene rings is 1. The molecule has 16 heavy (non-hydrogen) atoms. The van der Waals surface area contributed by atoms with Gasteiger partial charge in [0.15, 0.2) is 0 Å². The van der Waals surface area contributed by atoms with Crippen LogP contribution in [0.25, 0.3) is 0 Å². The van der Waals surface area contributed by atoms with Gasteiger partial charge in [0, 0.05) is 5.92 Å². The zero-order valence-electron chi connectivity index (χ0n) is 10.3. The van der Waals surface area contributed by atoms with Crippen molar-refractivity contribution in [2.45, 2.75) is 39.2 Å². The van der Waals surface area contributed by atoms with Crippen molar-refractivity contribution in [3.05, 3.63) is 35.4 Å². The molecule has 0 unspecified atom stereocenters. The fourth-order valence-corrected chi connectivity index (χ4v) is 2.25. The van der Waals surface area contributed by atoms with E-state index in [4.69, 9.17) is 5.73 Å². The third-order valence-electron chi connectivity index (χ3n) is 2.93. The molecule has 1 aliphatic rings. The Hall–Kier alpha value is -1.31. The van der Waals surface area contributed by atoms with Gasteiger partial charge in [-0.1, -0.05) is 24.3 Å². The summed E-state index contributed by atoms with van der Waals surface area (Å²) in [7, 11) is 0. The molecule has 0 bridgehead atoms. The third kappa shape index (κ3) is 2.43. The summed E-state index contributed by atoms with van der Waals surface area (Å²) in [6, 6.07) is 8.58. The van der Waals surface area contributed by atoms with Crippen LogP contribution in [-0.4, -0.2) is 11.4 Å². The number of amidine groups is 1. The number of rotatable bonds is 1. The number of hydrogen-bond acceptors (Lipinski definition) is 1. The van der Waals surface area contributed by atoms with Crippen molar-refractivity contribution in [3.8, 4) is 0 Å². The summed E-state index contributed by atoms with van der Waals surface area (Å²) < 4.78 is 0. The molecule has 1 aromatic carbocycles. The second kappa shape index (κ2) is 3.93. The van der Waals surface area contributed by atoms with Gasteiger partial charge in [0.05, 0.1) is 11.4 Å². The Morgan fingerprint density at radius 1 is 1.19 bits per heavy atom. The lowest BCUT2D eigenvalue weighted by Gasteiger charge is -2.16. The summed E-state index contributed by atoms with van der Waals surface area (Å²) >= 11 is 0. The average Bonchev–Trinajstić information content (AvgIpc) is 2.58. The molecular weight excluding hydrogens is 196 g/mol. The highest BCUT2D eigenvalue weighted by atomic mass is 14.9. The maximum Gasteiger partial charge on any atom is 0.0981 e. The second-order valence-corrected chi connectivity index (χ2v) is 5.58. The molecule has 0 radical (unpaired) electrons. The quantitative estimate of drug-likeness (QED) is 0.568. The van der Waals surface area contributed by atoms with Gasteiger partial charge >= 0.3 is 0 Å². The van der Waals surface area contributed by atoms with Crippen molar-refractivity contribution < 1.29 is 0 Å². The van der Waals surface area contributed by atoms with E-state index in [0.29, 0.717) is 5.92 Å². The Morgan fingerprint density at radius 3 is 2.12 bits per heavy atom. The van der Waals surface area contributed by atoms with Crippen LogP contribution in [0.4, 0.5) is 0 Å². The van der Waals surface area contributed by atoms with Crippen LogP contribution in [0.1, 0.15) is 31.9 Å². The normalized spacial score (nSPS) is 17.6. The molecule has 2 rings (SSSR count). The number of fused-ring (bicyclic) bond motifs is 1. The molecule has 0 saturated carbocycles. The molecule has 0 saturated heterocycles. The van der Waals surface area contributed by atoms with E-state index in [1.807, 2.05) is 0 Å². The number of nitrogens with two attached hydrogens (primary N) is 1. The Morgan fingerprint density at radius 2 is 1.69 bits per heavy atom. The molecule has 0 spiro atoms. The molecule has 0 amide bonds. The predicted octanol–water partition coefficient (Wildman–Crippen LogP) is 2.56. The van der Waals surface area contributed by atoms with Crippen LogP contribution < -0.4 is 5.73 Å². The first-order valence-electron chi connectivity index (χ1n) is 5.88. The van der Waals surface area contributed by atoms with Crippen LogP contribution in [0.3, 0.4) is 0 Å². The standard InChI is InChI=1S/C14H20N2/c1-14(2,3)16-13(15)12-8-10-6-4-5-7-11(10)9-12/h4-7,12H,8-9H2,1-3H3,(H2,15,16). The van der Waals surface area contributed by atoms with Crippen molar-refractivity contribution >= 4 is 5.84 Å². The third-order valence-corrected chi connectivity index (χ3v) is 2.93. The summed E-state index contributed by atoms with van der Waals surface area (Å²) in [5.41, 5.74) is 8.88. The van der Waals surface area contributed by atoms with Gasteiger partial charge < -0.3 is 5.73 Å². The van der Waals surface area contributed by atoms with Gasteiger partial charge in [-0.15, -0.1) is 0 Å². The lowest BCUT2D eigenvalue weighted by molar-refractivity contribution is 0.571. The Kier molecular flexibility index (Phi) is 2.75. The molecule has 2 N–H and O–H groups in total. The SMILES string of the molecule is CC(C)(C)N=C(N)C1Cc2ccccc2C1. The molecule has 0 fully saturated rings. The number of hydrogen-bond donors (Lipinski definition) is 1. The van der Waals surface area contributed by atoms with Crippen molar-refractivity contribution in [2.75, 3.05) is 0 Å². The molecule has 0 aliphatic heterocycles. The summed E-state index contributed by atoms with van der Waals surface area (Å²) in [5.74, 6) is 1.21. The van der Waals surface area contributed by atoms with Gasteiger partial charge in [0.2, 0.25) is 0 Å². The van der Waals surface area contributed by atoms with E-state index in [9.17, 15) is 0 Å². The topological polar surface area (TPSA) is 38.4 Å². The summed E-state index contributed by atoms with van der Waals surface area (Å²) in [4.78, 5) is 4.57. The minimum atomic E-state index is -0.0706. The highest BCUT2D eigenvalue weighted by Gasteiger charge is 2.24. The van der Waals surface area contributed by atoms with Crippen LogP contribution in [-0.2, 0) is 12.8 Å². The van der Waals surface area contributed by atoms with Crippen molar-refractivity contribution in [1.82, 2.24) is 0 Å². The molecule has 0 atom stereocenters. The van der Waals surface area contributed by atoms with Gasteiger partial charge in [0.1, 0.15) is 0 Å². The molecule has 86 valence electrons. The van der Waals surface area contributed by atoms with Crippen LogP contribution in [0.15, 0.2) is 29.3 Å². The summed E-state index contributed by atoms with van der Waals surface area (Å²) in [6.45, 7) is 6.26. The molecule has 0 heterocycles. The Bertz CT molecular complexity index is 388. The van der Waals surface area contributed by atoms with Gasteiger partial charge in [0.25, 0.3) is 0 Å². The molecule has 2 nitrogen and oxygen atoms in total. The molecule has 2 heteroatoms. The highest BCUT2D eigenvalue weighted by Crippen LogP contribution is 2.27. The van der Waals surface area contributed by atoms with Gasteiger partial charge in [-0.05, 0) is 44.7 Å². The zero-order chi connectivity index (χ0) is 11.8. The number of aliphatic imine (C=N–C) groups is 1. The number of nitrogens with zero attached hydrogens (tertiary/aromatic N) is 1. The van der Waals surface area contributed by atoms with Crippen LogP contribution in [0.2, 0.25) is 0 Å². The van der Waals surface area contributed by atoms with E-state index >= 15 is 0 Å². The van der Waals surface area contributed by atoms with E-state index < -0.39 is 0 Å². The predicted molar refractivity (Wildman–Crippen MR) is 68.7 cm³/mol. The minimum Gasteiger partial charge on any atom is -0.387 e. The fourth-order valence-electron chi connectivity index (χ4n) is 2.25. The fraction of sp³-hybridized carbons (Fsp3) is 0.500. The van der Waals surface area contributed by atoms with E-state index in [1.165, 1.54) is 11.1 Å². The first-order valence-corrected chi connectivity index (χ1v) is 5.88. The Labute approximate surface area is 97.6 Å². The monoisotopic (exact) mass is 216 g/mol. The van der Waals surface area contributed by atoms with Crippen LogP contribution in [0.5, 0.6) is 0 Å². The van der Waals surface area contributed by atoms with Gasteiger partial charge in [-0.3, -0.25) is 4.99 Å².